The van der Waals surface area contributed by atoms with Crippen LogP contribution < -0.4 is 10.6 Å². The first-order valence-corrected chi connectivity index (χ1v) is 13.8. The largest absolute Gasteiger partial charge is 0.490 e. The van der Waals surface area contributed by atoms with E-state index in [0.29, 0.717) is 39.2 Å². The van der Waals surface area contributed by atoms with Crippen molar-refractivity contribution in [1.82, 2.24) is 10.3 Å². The highest BCUT2D eigenvalue weighted by molar-refractivity contribution is 8.18. The lowest BCUT2D eigenvalue weighted by Crippen LogP contribution is -2.38. The molecule has 2 heterocycles. The van der Waals surface area contributed by atoms with Gasteiger partial charge in [0.1, 0.15) is 0 Å². The summed E-state index contributed by atoms with van der Waals surface area (Å²) < 4.78 is 31.7. The Morgan fingerprint density at radius 1 is 1.07 bits per heavy atom. The number of hydrogen-bond acceptors (Lipinski definition) is 7. The van der Waals surface area contributed by atoms with E-state index in [2.05, 4.69) is 20.6 Å². The van der Waals surface area contributed by atoms with Crippen molar-refractivity contribution in [2.24, 2.45) is 4.99 Å². The van der Waals surface area contributed by atoms with Gasteiger partial charge in [0.05, 0.1) is 27.2 Å². The molecular weight excluding hydrogens is 597 g/mol. The van der Waals surface area contributed by atoms with E-state index < -0.39 is 12.1 Å². The van der Waals surface area contributed by atoms with Gasteiger partial charge < -0.3 is 20.8 Å². The number of aliphatic carboxylic acids is 1. The first-order chi connectivity index (χ1) is 19.9. The number of aliphatic imine (C=N–C) groups is 1. The molecule has 5 rings (SSSR count). The number of fused-ring (bicyclic) bond motifs is 1. The van der Waals surface area contributed by atoms with Gasteiger partial charge >= 0.3 is 12.1 Å². The van der Waals surface area contributed by atoms with Crippen molar-refractivity contribution in [3.63, 3.8) is 0 Å². The van der Waals surface area contributed by atoms with Gasteiger partial charge in [-0.15, -0.1) is 0 Å². The fourth-order valence-electron chi connectivity index (χ4n) is 4.16. The van der Waals surface area contributed by atoms with Crippen LogP contribution in [0.3, 0.4) is 0 Å². The van der Waals surface area contributed by atoms with E-state index in [4.69, 9.17) is 21.5 Å². The highest BCUT2D eigenvalue weighted by Crippen LogP contribution is 2.32. The zero-order valence-corrected chi connectivity index (χ0v) is 23.3. The number of amides is 2. The summed E-state index contributed by atoms with van der Waals surface area (Å²) in [6.07, 6.45) is 1.07. The Morgan fingerprint density at radius 2 is 1.79 bits per heavy atom. The summed E-state index contributed by atoms with van der Waals surface area (Å²) in [5, 5.41) is 24.7. The summed E-state index contributed by atoms with van der Waals surface area (Å²) in [6, 6.07) is 14.6. The van der Waals surface area contributed by atoms with Crippen LogP contribution in [0.5, 0.6) is 0 Å². The molecule has 1 saturated carbocycles. The zero-order chi connectivity index (χ0) is 30.4. The number of thioether (sulfide) groups is 1. The third kappa shape index (κ3) is 8.30. The molecule has 1 fully saturated rings. The van der Waals surface area contributed by atoms with Crippen LogP contribution in [0.2, 0.25) is 5.02 Å². The number of halogens is 4. The standard InChI is InChI=1S/C26H23ClN4O3S.C2HF3O2/c27-20-9-4-17(24(33)29-18-5-7-19(32)8-6-18)14-22(20)30-26-31-25(34)23(35-26)13-15-3-10-21-16(12-15)2-1-11-28-21;3-2(4,5)1(6)7/h1-4,9-14,18-19,32H,5-8H2,(H,29,33)(H,30,31,34);(H,6,7)/b23-13-;/t18-,19-;. The number of anilines is 1. The molecule has 42 heavy (non-hydrogen) atoms. The van der Waals surface area contributed by atoms with E-state index >= 15 is 0 Å². The number of pyridine rings is 1. The molecule has 2 amide bonds. The Hall–Kier alpha value is -3.94. The molecule has 2 aromatic carbocycles. The number of hydrogen-bond donors (Lipinski definition) is 4. The van der Waals surface area contributed by atoms with E-state index in [1.54, 1.807) is 30.5 Å². The normalized spacial score (nSPS) is 19.6. The van der Waals surface area contributed by atoms with Crippen molar-refractivity contribution < 1.29 is 37.8 Å². The van der Waals surface area contributed by atoms with Gasteiger partial charge in [0, 0.05) is 23.2 Å². The third-order valence-corrected chi connectivity index (χ3v) is 7.52. The second-order valence-electron chi connectivity index (χ2n) is 9.39. The van der Waals surface area contributed by atoms with Gasteiger partial charge in [-0.25, -0.2) is 4.79 Å². The van der Waals surface area contributed by atoms with Crippen LogP contribution in [-0.4, -0.2) is 56.5 Å². The molecule has 0 spiro atoms. The number of carbonyl (C=O) groups is 3. The molecule has 14 heteroatoms. The molecule has 0 unspecified atom stereocenters. The molecule has 2 aliphatic rings. The van der Waals surface area contributed by atoms with Crippen LogP contribution in [-0.2, 0) is 9.59 Å². The molecule has 0 atom stereocenters. The third-order valence-electron chi connectivity index (χ3n) is 6.29. The van der Waals surface area contributed by atoms with Crippen molar-refractivity contribution in [2.75, 3.05) is 5.32 Å². The molecule has 220 valence electrons. The van der Waals surface area contributed by atoms with Crippen LogP contribution in [0.25, 0.3) is 17.0 Å². The SMILES string of the molecule is O=C(O)C(F)(F)F.O=C1N=C(Nc2cc(C(=O)N[C@H]3CC[C@H](O)CC3)ccc2Cl)S/C1=C\c1ccc2ncccc2c1. The van der Waals surface area contributed by atoms with Gasteiger partial charge in [-0.3, -0.25) is 14.6 Å². The Balaban J connectivity index is 0.000000517. The van der Waals surface area contributed by atoms with Gasteiger partial charge in [0.2, 0.25) is 0 Å². The van der Waals surface area contributed by atoms with E-state index in [1.807, 2.05) is 30.3 Å². The summed E-state index contributed by atoms with van der Waals surface area (Å²) >= 11 is 7.57. The maximum atomic E-state index is 12.7. The van der Waals surface area contributed by atoms with Crippen molar-refractivity contribution >= 4 is 69.0 Å². The first kappa shape index (κ1) is 31.0. The lowest BCUT2D eigenvalue weighted by molar-refractivity contribution is -0.192. The number of rotatable bonds is 4. The minimum atomic E-state index is -5.08. The molecule has 0 radical (unpaired) electrons. The van der Waals surface area contributed by atoms with Gasteiger partial charge in [-0.05, 0) is 85.5 Å². The average Bonchev–Trinajstić information content (AvgIpc) is 3.28. The number of carboxylic acids is 1. The molecule has 4 N–H and O–H groups in total. The smallest absolute Gasteiger partial charge is 0.475 e. The predicted octanol–water partition coefficient (Wildman–Crippen LogP) is 5.64. The first-order valence-electron chi connectivity index (χ1n) is 12.6. The van der Waals surface area contributed by atoms with Crippen molar-refractivity contribution in [3.8, 4) is 0 Å². The number of carbonyl (C=O) groups excluding carboxylic acids is 2. The number of alkyl halides is 3. The van der Waals surface area contributed by atoms with E-state index in [9.17, 15) is 27.9 Å². The molecule has 0 bridgehead atoms. The van der Waals surface area contributed by atoms with Crippen LogP contribution in [0.4, 0.5) is 18.9 Å². The molecule has 1 aliphatic heterocycles. The number of carboxylic acid groups (broad SMARTS) is 1. The lowest BCUT2D eigenvalue weighted by atomic mass is 9.93. The Morgan fingerprint density at radius 3 is 2.48 bits per heavy atom. The summed E-state index contributed by atoms with van der Waals surface area (Å²) in [4.78, 5) is 43.1. The van der Waals surface area contributed by atoms with Crippen molar-refractivity contribution in [3.05, 3.63) is 75.8 Å². The van der Waals surface area contributed by atoms with Gasteiger partial charge in [0.25, 0.3) is 11.8 Å². The number of aliphatic hydroxyl groups is 1. The molecule has 9 nitrogen and oxygen atoms in total. The summed E-state index contributed by atoms with van der Waals surface area (Å²) in [6.45, 7) is 0. The minimum Gasteiger partial charge on any atom is -0.475 e. The minimum absolute atomic E-state index is 0.0453. The molecule has 3 aromatic rings. The van der Waals surface area contributed by atoms with Gasteiger partial charge in [-0.2, -0.15) is 18.2 Å². The monoisotopic (exact) mass is 620 g/mol. The second-order valence-corrected chi connectivity index (χ2v) is 10.8. The number of amidine groups is 1. The number of aromatic nitrogens is 1. The van der Waals surface area contributed by atoms with Crippen LogP contribution >= 0.6 is 23.4 Å². The Labute approximate surface area is 246 Å². The van der Waals surface area contributed by atoms with E-state index in [0.717, 1.165) is 29.3 Å². The van der Waals surface area contributed by atoms with Gasteiger partial charge in [0.15, 0.2) is 5.17 Å². The second kappa shape index (κ2) is 13.4. The average molecular weight is 621 g/mol. The topological polar surface area (TPSA) is 141 Å². The van der Waals surface area contributed by atoms with Gasteiger partial charge in [-0.1, -0.05) is 23.7 Å². The highest BCUT2D eigenvalue weighted by atomic mass is 35.5. The Bertz CT molecular complexity index is 1570. The summed E-state index contributed by atoms with van der Waals surface area (Å²) in [5.41, 5.74) is 2.72. The molecule has 0 saturated heterocycles. The van der Waals surface area contributed by atoms with Crippen LogP contribution in [0, 0.1) is 0 Å². The number of benzene rings is 2. The number of aliphatic hydroxyl groups excluding tert-OH is 1. The summed E-state index contributed by atoms with van der Waals surface area (Å²) in [5.74, 6) is -3.30. The van der Waals surface area contributed by atoms with E-state index in [1.165, 1.54) is 11.8 Å². The maximum absolute atomic E-state index is 12.7. The number of nitrogens with one attached hydrogen (secondary N) is 2. The van der Waals surface area contributed by atoms with Crippen LogP contribution in [0.15, 0.2) is 64.6 Å². The lowest BCUT2D eigenvalue weighted by Gasteiger charge is -2.26. The van der Waals surface area contributed by atoms with Crippen molar-refractivity contribution in [1.29, 1.82) is 0 Å². The molecular formula is C28H24ClF3N4O5S. The highest BCUT2D eigenvalue weighted by Gasteiger charge is 2.38. The quantitative estimate of drug-likeness (QED) is 0.275. The fourth-order valence-corrected chi connectivity index (χ4v) is 5.15. The number of nitrogens with zero attached hydrogens (tertiary/aromatic N) is 2. The maximum Gasteiger partial charge on any atom is 0.490 e. The molecule has 1 aliphatic carbocycles. The van der Waals surface area contributed by atoms with E-state index in [-0.39, 0.29) is 24.0 Å². The van der Waals surface area contributed by atoms with Crippen LogP contribution in [0.1, 0.15) is 41.6 Å². The Kier molecular flexibility index (Phi) is 9.86. The zero-order valence-electron chi connectivity index (χ0n) is 21.7. The van der Waals surface area contributed by atoms with Crippen molar-refractivity contribution in [2.45, 2.75) is 44.0 Å². The molecule has 1 aromatic heterocycles. The predicted molar refractivity (Wildman–Crippen MR) is 154 cm³/mol. The summed E-state index contributed by atoms with van der Waals surface area (Å²) in [7, 11) is 0. The fraction of sp³-hybridized carbons (Fsp3) is 0.250.